The third-order valence-corrected chi connectivity index (χ3v) is 4.77. The fourth-order valence-electron chi connectivity index (χ4n) is 3.23. The lowest BCUT2D eigenvalue weighted by molar-refractivity contribution is -0.130. The quantitative estimate of drug-likeness (QED) is 0.752. The zero-order valence-corrected chi connectivity index (χ0v) is 15.3. The van der Waals surface area contributed by atoms with Crippen molar-refractivity contribution in [2.75, 3.05) is 39.3 Å². The lowest BCUT2D eigenvalue weighted by atomic mass is 10.1. The van der Waals surface area contributed by atoms with Crippen LogP contribution in [0.5, 0.6) is 0 Å². The van der Waals surface area contributed by atoms with Gasteiger partial charge in [-0.1, -0.05) is 6.07 Å². The highest BCUT2D eigenvalue weighted by molar-refractivity contribution is 5.73. The maximum Gasteiger partial charge on any atom is 0.219 e. The largest absolute Gasteiger partial charge is 0.367 e. The third kappa shape index (κ3) is 5.11. The van der Waals surface area contributed by atoms with Gasteiger partial charge in [-0.3, -0.25) is 14.8 Å². The number of aromatic nitrogens is 2. The molecule has 1 fully saturated rings. The number of nitrogens with zero attached hydrogens (tertiary/aromatic N) is 3. The fourth-order valence-corrected chi connectivity index (χ4v) is 3.23. The number of H-pyrrole nitrogens is 1. The zero-order chi connectivity index (χ0) is 19.2. The second-order valence-electron chi connectivity index (χ2n) is 6.64. The van der Waals surface area contributed by atoms with Crippen LogP contribution in [-0.2, 0) is 9.53 Å². The first kappa shape index (κ1) is 19.4. The van der Waals surface area contributed by atoms with E-state index >= 15 is 0 Å². The van der Waals surface area contributed by atoms with Crippen LogP contribution in [0.3, 0.4) is 0 Å². The molecule has 2 aromatic rings. The van der Waals surface area contributed by atoms with Gasteiger partial charge in [0.05, 0.1) is 5.69 Å². The summed E-state index contributed by atoms with van der Waals surface area (Å²) in [5, 5.41) is 6.75. The van der Waals surface area contributed by atoms with Crippen molar-refractivity contribution in [2.24, 2.45) is 0 Å². The van der Waals surface area contributed by atoms with Crippen molar-refractivity contribution in [2.45, 2.75) is 19.4 Å². The molecule has 3 rings (SSSR count). The first-order valence-electron chi connectivity index (χ1n) is 9.08. The van der Waals surface area contributed by atoms with Crippen LogP contribution in [-0.4, -0.2) is 65.2 Å². The summed E-state index contributed by atoms with van der Waals surface area (Å²) in [7, 11) is 0. The second-order valence-corrected chi connectivity index (χ2v) is 6.64. The fraction of sp³-hybridized carbons (Fsp3) is 0.474. The van der Waals surface area contributed by atoms with E-state index in [2.05, 4.69) is 15.1 Å². The van der Waals surface area contributed by atoms with Crippen molar-refractivity contribution in [3.63, 3.8) is 0 Å². The van der Waals surface area contributed by atoms with Gasteiger partial charge in [-0.15, -0.1) is 0 Å². The molecule has 0 bridgehead atoms. The van der Waals surface area contributed by atoms with Crippen molar-refractivity contribution in [3.05, 3.63) is 53.4 Å². The van der Waals surface area contributed by atoms with Crippen molar-refractivity contribution >= 4 is 5.91 Å². The molecule has 1 aromatic heterocycles. The third-order valence-electron chi connectivity index (χ3n) is 4.77. The van der Waals surface area contributed by atoms with E-state index in [0.29, 0.717) is 17.9 Å². The van der Waals surface area contributed by atoms with E-state index in [9.17, 15) is 13.6 Å². The van der Waals surface area contributed by atoms with Crippen LogP contribution in [0.2, 0.25) is 0 Å². The van der Waals surface area contributed by atoms with Gasteiger partial charge < -0.3 is 9.64 Å². The van der Waals surface area contributed by atoms with Crippen LogP contribution in [0.1, 0.15) is 30.7 Å². The lowest BCUT2D eigenvalue weighted by Crippen LogP contribution is -2.48. The molecular formula is C19H24F2N4O2. The summed E-state index contributed by atoms with van der Waals surface area (Å²) in [6.45, 7) is 6.13. The smallest absolute Gasteiger partial charge is 0.219 e. The Morgan fingerprint density at radius 2 is 2.00 bits per heavy atom. The molecule has 1 atom stereocenters. The minimum Gasteiger partial charge on any atom is -0.367 e. The average molecular weight is 378 g/mol. The highest BCUT2D eigenvalue weighted by atomic mass is 19.2. The Morgan fingerprint density at radius 1 is 1.22 bits per heavy atom. The predicted molar refractivity (Wildman–Crippen MR) is 96.1 cm³/mol. The van der Waals surface area contributed by atoms with Gasteiger partial charge >= 0.3 is 0 Å². The number of ether oxygens (including phenoxy) is 1. The minimum atomic E-state index is -0.899. The second kappa shape index (κ2) is 9.05. The Morgan fingerprint density at radius 3 is 2.63 bits per heavy atom. The van der Waals surface area contributed by atoms with Crippen LogP contribution in [0.25, 0.3) is 0 Å². The van der Waals surface area contributed by atoms with Crippen molar-refractivity contribution in [1.29, 1.82) is 0 Å². The Labute approximate surface area is 157 Å². The number of nitrogens with one attached hydrogen (secondary N) is 1. The molecule has 2 heterocycles. The molecule has 1 unspecified atom stereocenters. The molecule has 1 aliphatic heterocycles. The van der Waals surface area contributed by atoms with Gasteiger partial charge in [0.15, 0.2) is 11.6 Å². The summed E-state index contributed by atoms with van der Waals surface area (Å²) in [6, 6.07) is 5.53. The standard InChI is InChI=1S/C19H24F2N4O2/c1-14(26)25-10-8-24(9-11-25)7-2-12-27-19(18-5-6-22-23-18)15-3-4-16(20)17(21)13-15/h3-6,13,19H,2,7-12H2,1H3,(H,22,23). The monoisotopic (exact) mass is 378 g/mol. The number of aromatic amines is 1. The van der Waals surface area contributed by atoms with E-state index in [0.717, 1.165) is 51.3 Å². The molecule has 0 spiro atoms. The first-order valence-corrected chi connectivity index (χ1v) is 9.08. The lowest BCUT2D eigenvalue weighted by Gasteiger charge is -2.34. The van der Waals surface area contributed by atoms with Crippen LogP contribution >= 0.6 is 0 Å². The number of piperazine rings is 1. The average Bonchev–Trinajstić information content (AvgIpc) is 3.19. The maximum atomic E-state index is 13.6. The van der Waals surface area contributed by atoms with E-state index in [1.54, 1.807) is 19.2 Å². The molecule has 0 aliphatic carbocycles. The molecule has 0 radical (unpaired) electrons. The van der Waals surface area contributed by atoms with Crippen LogP contribution in [0, 0.1) is 11.6 Å². The molecule has 1 amide bonds. The normalized spacial score (nSPS) is 16.5. The van der Waals surface area contributed by atoms with Gasteiger partial charge in [-0.25, -0.2) is 8.78 Å². The van der Waals surface area contributed by atoms with E-state index in [-0.39, 0.29) is 5.91 Å². The number of rotatable bonds is 7. The highest BCUT2D eigenvalue weighted by Gasteiger charge is 2.20. The van der Waals surface area contributed by atoms with E-state index in [4.69, 9.17) is 4.74 Å². The molecule has 8 heteroatoms. The van der Waals surface area contributed by atoms with E-state index in [1.807, 2.05) is 4.90 Å². The summed E-state index contributed by atoms with van der Waals surface area (Å²) in [5.41, 5.74) is 1.23. The van der Waals surface area contributed by atoms with E-state index in [1.165, 1.54) is 6.07 Å². The number of benzene rings is 1. The van der Waals surface area contributed by atoms with Crippen LogP contribution in [0.15, 0.2) is 30.5 Å². The molecule has 0 saturated carbocycles. The maximum absolute atomic E-state index is 13.6. The minimum absolute atomic E-state index is 0.118. The summed E-state index contributed by atoms with van der Waals surface area (Å²) in [4.78, 5) is 15.5. The number of amides is 1. The Kier molecular flexibility index (Phi) is 6.52. The van der Waals surface area contributed by atoms with Gasteiger partial charge in [-0.05, 0) is 30.2 Å². The molecule has 1 aliphatic rings. The predicted octanol–water partition coefficient (Wildman–Crippen LogP) is 2.35. The number of hydrogen-bond donors (Lipinski definition) is 1. The SMILES string of the molecule is CC(=O)N1CCN(CCCOC(c2ccc(F)c(F)c2)c2ccn[nH]2)CC1. The topological polar surface area (TPSA) is 61.5 Å². The Balaban J connectivity index is 1.52. The van der Waals surface area contributed by atoms with Crippen molar-refractivity contribution in [1.82, 2.24) is 20.0 Å². The van der Waals surface area contributed by atoms with Gasteiger partial charge in [0, 0.05) is 52.5 Å². The van der Waals surface area contributed by atoms with Gasteiger partial charge in [-0.2, -0.15) is 5.10 Å². The molecule has 146 valence electrons. The summed E-state index contributed by atoms with van der Waals surface area (Å²) < 4.78 is 32.8. The number of hydrogen-bond acceptors (Lipinski definition) is 4. The molecule has 1 N–H and O–H groups in total. The Bertz CT molecular complexity index is 746. The van der Waals surface area contributed by atoms with Crippen LogP contribution in [0.4, 0.5) is 8.78 Å². The summed E-state index contributed by atoms with van der Waals surface area (Å²) in [5.74, 6) is -1.66. The number of carbonyl (C=O) groups is 1. The van der Waals surface area contributed by atoms with Gasteiger partial charge in [0.2, 0.25) is 5.91 Å². The van der Waals surface area contributed by atoms with Gasteiger partial charge in [0.25, 0.3) is 0 Å². The first-order chi connectivity index (χ1) is 13.0. The number of carbonyl (C=O) groups excluding carboxylic acids is 1. The number of halogens is 2. The molecule has 1 saturated heterocycles. The van der Waals surface area contributed by atoms with Crippen molar-refractivity contribution in [3.8, 4) is 0 Å². The Hall–Kier alpha value is -2.32. The van der Waals surface area contributed by atoms with Crippen LogP contribution < -0.4 is 0 Å². The zero-order valence-electron chi connectivity index (χ0n) is 15.3. The summed E-state index contributed by atoms with van der Waals surface area (Å²) >= 11 is 0. The highest BCUT2D eigenvalue weighted by Crippen LogP contribution is 2.26. The van der Waals surface area contributed by atoms with Gasteiger partial charge in [0.1, 0.15) is 6.10 Å². The molecule has 6 nitrogen and oxygen atoms in total. The van der Waals surface area contributed by atoms with Crippen molar-refractivity contribution < 1.29 is 18.3 Å². The van der Waals surface area contributed by atoms with E-state index < -0.39 is 17.7 Å². The summed E-state index contributed by atoms with van der Waals surface area (Å²) in [6.07, 6.45) is 1.87. The molecular weight excluding hydrogens is 354 g/mol. The molecule has 27 heavy (non-hydrogen) atoms. The molecule has 1 aromatic carbocycles.